The molecule has 1 fully saturated rings. The molecule has 0 saturated carbocycles. The molecule has 1 aliphatic heterocycles. The fourth-order valence-electron chi connectivity index (χ4n) is 1.73. The van der Waals surface area contributed by atoms with Gasteiger partial charge in [-0.15, -0.1) is 5.10 Å². The van der Waals surface area contributed by atoms with E-state index >= 15 is 0 Å². The van der Waals surface area contributed by atoms with E-state index in [1.54, 1.807) is 19.1 Å². The number of hydrogen-bond donors (Lipinski definition) is 2. The molecule has 1 aromatic carbocycles. The number of amidine groups is 1. The van der Waals surface area contributed by atoms with Crippen molar-refractivity contribution < 1.29 is 14.0 Å². The van der Waals surface area contributed by atoms with Gasteiger partial charge >= 0.3 is 0 Å². The first-order valence-electron chi connectivity index (χ1n) is 6.56. The van der Waals surface area contributed by atoms with Crippen LogP contribution < -0.4 is 10.6 Å². The minimum atomic E-state index is -0.500. The lowest BCUT2D eigenvalue weighted by Gasteiger charge is -2.02. The van der Waals surface area contributed by atoms with Crippen molar-refractivity contribution in [1.82, 2.24) is 10.6 Å². The summed E-state index contributed by atoms with van der Waals surface area (Å²) in [6, 6.07) is 5.88. The molecule has 0 aromatic heterocycles. The van der Waals surface area contributed by atoms with E-state index in [1.807, 2.05) is 0 Å². The van der Waals surface area contributed by atoms with Crippen molar-refractivity contribution in [3.05, 3.63) is 35.6 Å². The summed E-state index contributed by atoms with van der Waals surface area (Å²) in [6.07, 6.45) is 0.0900. The number of carbonyl (C=O) groups excluding carboxylic acids is 2. The molecule has 2 N–H and O–H groups in total. The fraction of sp³-hybridized carbons (Fsp3) is 0.286. The van der Waals surface area contributed by atoms with Gasteiger partial charge in [0.1, 0.15) is 11.1 Å². The zero-order valence-electron chi connectivity index (χ0n) is 12.1. The minimum absolute atomic E-state index is 0.0900. The third-order valence-corrected chi connectivity index (χ3v) is 4.05. The summed E-state index contributed by atoms with van der Waals surface area (Å²) in [5.41, 5.74) is 1.33. The van der Waals surface area contributed by atoms with E-state index < -0.39 is 5.25 Å². The molecular formula is C14H15FN4O2S. The summed E-state index contributed by atoms with van der Waals surface area (Å²) < 4.78 is 12.9. The van der Waals surface area contributed by atoms with Crippen molar-refractivity contribution in [2.75, 3.05) is 7.05 Å². The Bertz CT molecular complexity index is 643. The fourth-order valence-corrected chi connectivity index (χ4v) is 2.64. The number of carbonyl (C=O) groups is 2. The predicted octanol–water partition coefficient (Wildman–Crippen LogP) is 1.27. The van der Waals surface area contributed by atoms with E-state index in [9.17, 15) is 14.0 Å². The van der Waals surface area contributed by atoms with Crippen LogP contribution in [0, 0.1) is 5.82 Å². The Labute approximate surface area is 131 Å². The standard InChI is InChI=1S/C14H15FN4O2S/c1-8(9-3-5-10(15)6-4-9)18-19-14-17-13(21)11(22-14)7-12(20)16-2/h3-6,11H,7H2,1-2H3,(H,16,20)(H,17,19,21)/b18-8-/t11-/m1/s1. The molecule has 1 aliphatic rings. The van der Waals surface area contributed by atoms with Crippen molar-refractivity contribution in [2.24, 2.45) is 10.2 Å². The Kier molecular flexibility index (Phi) is 5.26. The lowest BCUT2D eigenvalue weighted by molar-refractivity contribution is -0.124. The first-order chi connectivity index (χ1) is 10.5. The first-order valence-corrected chi connectivity index (χ1v) is 7.44. The van der Waals surface area contributed by atoms with E-state index in [1.165, 1.54) is 19.2 Å². The van der Waals surface area contributed by atoms with Gasteiger partial charge in [-0.3, -0.25) is 9.59 Å². The molecule has 1 aromatic rings. The van der Waals surface area contributed by atoms with Gasteiger partial charge in [-0.2, -0.15) is 5.10 Å². The lowest BCUT2D eigenvalue weighted by Crippen LogP contribution is -2.29. The highest BCUT2D eigenvalue weighted by Gasteiger charge is 2.31. The van der Waals surface area contributed by atoms with Crippen molar-refractivity contribution in [2.45, 2.75) is 18.6 Å². The number of halogens is 1. The van der Waals surface area contributed by atoms with Gasteiger partial charge in [-0.25, -0.2) is 4.39 Å². The molecule has 0 aliphatic carbocycles. The summed E-state index contributed by atoms with van der Waals surface area (Å²) in [5, 5.41) is 12.9. The van der Waals surface area contributed by atoms with E-state index in [0.717, 1.165) is 17.3 Å². The van der Waals surface area contributed by atoms with E-state index in [2.05, 4.69) is 20.8 Å². The molecule has 2 rings (SSSR count). The summed E-state index contributed by atoms with van der Waals surface area (Å²) in [5.74, 6) is -0.791. The van der Waals surface area contributed by atoms with Crippen LogP contribution in [0.15, 0.2) is 34.5 Å². The molecule has 0 spiro atoms. The Morgan fingerprint density at radius 3 is 2.73 bits per heavy atom. The molecule has 116 valence electrons. The van der Waals surface area contributed by atoms with Crippen molar-refractivity contribution in [3.63, 3.8) is 0 Å². The van der Waals surface area contributed by atoms with Crippen molar-refractivity contribution in [3.8, 4) is 0 Å². The van der Waals surface area contributed by atoms with Crippen LogP contribution in [0.3, 0.4) is 0 Å². The summed E-state index contributed by atoms with van der Waals surface area (Å²) in [7, 11) is 1.52. The largest absolute Gasteiger partial charge is 0.359 e. The van der Waals surface area contributed by atoms with Crippen LogP contribution >= 0.6 is 11.8 Å². The van der Waals surface area contributed by atoms with Crippen molar-refractivity contribution >= 4 is 34.5 Å². The van der Waals surface area contributed by atoms with Crippen LogP contribution in [0.25, 0.3) is 0 Å². The second kappa shape index (κ2) is 7.17. The molecule has 0 bridgehead atoms. The molecule has 2 amide bonds. The number of benzene rings is 1. The average molecular weight is 322 g/mol. The van der Waals surface area contributed by atoms with Gasteiger partial charge in [-0.05, 0) is 24.6 Å². The van der Waals surface area contributed by atoms with Crippen LogP contribution in [0.2, 0.25) is 0 Å². The highest BCUT2D eigenvalue weighted by atomic mass is 32.2. The Morgan fingerprint density at radius 2 is 2.09 bits per heavy atom. The number of amides is 2. The molecule has 22 heavy (non-hydrogen) atoms. The second-order valence-electron chi connectivity index (χ2n) is 4.57. The zero-order chi connectivity index (χ0) is 16.1. The maximum atomic E-state index is 12.9. The molecule has 1 heterocycles. The monoisotopic (exact) mass is 322 g/mol. The smallest absolute Gasteiger partial charge is 0.240 e. The quantitative estimate of drug-likeness (QED) is 0.647. The number of rotatable bonds is 4. The molecule has 1 atom stereocenters. The zero-order valence-corrected chi connectivity index (χ0v) is 12.9. The molecule has 0 radical (unpaired) electrons. The SMILES string of the molecule is CNC(=O)C[C@H]1S/C(=N\N=C(\C)c2ccc(F)cc2)NC1=O. The highest BCUT2D eigenvalue weighted by Crippen LogP contribution is 2.22. The highest BCUT2D eigenvalue weighted by molar-refractivity contribution is 8.15. The van der Waals surface area contributed by atoms with Gasteiger partial charge in [0, 0.05) is 13.5 Å². The normalized spacial score (nSPS) is 20.1. The van der Waals surface area contributed by atoms with Crippen molar-refractivity contribution in [1.29, 1.82) is 0 Å². The average Bonchev–Trinajstić information content (AvgIpc) is 2.85. The lowest BCUT2D eigenvalue weighted by atomic mass is 10.1. The number of thioether (sulfide) groups is 1. The number of hydrogen-bond acceptors (Lipinski definition) is 5. The van der Waals surface area contributed by atoms with Crippen LogP contribution in [-0.4, -0.2) is 35.0 Å². The Morgan fingerprint density at radius 1 is 1.41 bits per heavy atom. The van der Waals surface area contributed by atoms with Gasteiger partial charge < -0.3 is 10.6 Å². The Balaban J connectivity index is 2.04. The molecular weight excluding hydrogens is 307 g/mol. The third-order valence-electron chi connectivity index (χ3n) is 2.98. The van der Waals surface area contributed by atoms with Crippen LogP contribution in [0.5, 0.6) is 0 Å². The minimum Gasteiger partial charge on any atom is -0.359 e. The van der Waals surface area contributed by atoms with Gasteiger partial charge in [0.2, 0.25) is 11.8 Å². The van der Waals surface area contributed by atoms with Gasteiger partial charge in [0.05, 0.1) is 5.71 Å². The molecule has 8 heteroatoms. The third kappa shape index (κ3) is 4.14. The topological polar surface area (TPSA) is 82.9 Å². The van der Waals surface area contributed by atoms with Gasteiger partial charge in [-0.1, -0.05) is 23.9 Å². The van der Waals surface area contributed by atoms with Gasteiger partial charge in [0.25, 0.3) is 0 Å². The summed E-state index contributed by atoms with van der Waals surface area (Å²) >= 11 is 1.16. The molecule has 1 saturated heterocycles. The number of nitrogens with zero attached hydrogens (tertiary/aromatic N) is 2. The molecule has 0 unspecified atom stereocenters. The van der Waals surface area contributed by atoms with E-state index in [-0.39, 0.29) is 24.1 Å². The predicted molar refractivity (Wildman–Crippen MR) is 84.3 cm³/mol. The van der Waals surface area contributed by atoms with E-state index in [4.69, 9.17) is 0 Å². The van der Waals surface area contributed by atoms with Crippen LogP contribution in [-0.2, 0) is 9.59 Å². The van der Waals surface area contributed by atoms with Crippen LogP contribution in [0.1, 0.15) is 18.9 Å². The number of nitrogens with one attached hydrogen (secondary N) is 2. The maximum Gasteiger partial charge on any atom is 0.240 e. The summed E-state index contributed by atoms with van der Waals surface area (Å²) in [6.45, 7) is 1.74. The van der Waals surface area contributed by atoms with E-state index in [0.29, 0.717) is 10.9 Å². The first kappa shape index (κ1) is 16.2. The molecule has 6 nitrogen and oxygen atoms in total. The van der Waals surface area contributed by atoms with Crippen LogP contribution in [0.4, 0.5) is 4.39 Å². The second-order valence-corrected chi connectivity index (χ2v) is 5.76. The maximum absolute atomic E-state index is 12.9. The Hall–Kier alpha value is -2.22. The summed E-state index contributed by atoms with van der Waals surface area (Å²) in [4.78, 5) is 23.0. The van der Waals surface area contributed by atoms with Gasteiger partial charge in [0.15, 0.2) is 5.17 Å².